The maximum atomic E-state index is 5.77. The second kappa shape index (κ2) is 5.46. The van der Waals surface area contributed by atoms with Crippen molar-refractivity contribution in [1.29, 1.82) is 0 Å². The molecule has 1 atom stereocenters. The van der Waals surface area contributed by atoms with Crippen LogP contribution >= 0.6 is 0 Å². The minimum absolute atomic E-state index is 0.188. The Kier molecular flexibility index (Phi) is 3.44. The Bertz CT molecular complexity index is 646. The molecule has 0 radical (unpaired) electrons. The van der Waals surface area contributed by atoms with Gasteiger partial charge in [-0.1, -0.05) is 19.0 Å². The lowest BCUT2D eigenvalue weighted by molar-refractivity contribution is 0.210. The van der Waals surface area contributed by atoms with E-state index in [0.29, 0.717) is 24.2 Å². The van der Waals surface area contributed by atoms with Gasteiger partial charge >= 0.3 is 0 Å². The van der Waals surface area contributed by atoms with E-state index in [2.05, 4.69) is 39.1 Å². The van der Waals surface area contributed by atoms with Gasteiger partial charge in [-0.2, -0.15) is 4.98 Å². The van der Waals surface area contributed by atoms with Crippen LogP contribution in [-0.2, 0) is 6.54 Å². The molecule has 2 aromatic heterocycles. The smallest absolute Gasteiger partial charge is 0.230 e. The Morgan fingerprint density at radius 1 is 1.23 bits per heavy atom. The maximum absolute atomic E-state index is 5.77. The van der Waals surface area contributed by atoms with Crippen molar-refractivity contribution >= 4 is 0 Å². The average molecular weight is 303 g/mol. The molecule has 0 spiro atoms. The van der Waals surface area contributed by atoms with Gasteiger partial charge in [-0.15, -0.1) is 10.2 Å². The number of hydrogen-bond donors (Lipinski definition) is 0. The molecule has 1 saturated carbocycles. The summed E-state index contributed by atoms with van der Waals surface area (Å²) in [6, 6.07) is 0.188. The van der Waals surface area contributed by atoms with Gasteiger partial charge in [-0.05, 0) is 32.2 Å². The van der Waals surface area contributed by atoms with Gasteiger partial charge in [-0.3, -0.25) is 4.90 Å². The van der Waals surface area contributed by atoms with E-state index in [1.807, 2.05) is 0 Å². The zero-order valence-corrected chi connectivity index (χ0v) is 13.0. The highest BCUT2D eigenvalue weighted by atomic mass is 16.5. The van der Waals surface area contributed by atoms with Gasteiger partial charge in [-0.25, -0.2) is 0 Å². The van der Waals surface area contributed by atoms with Crippen LogP contribution in [0.3, 0.4) is 0 Å². The third kappa shape index (κ3) is 2.65. The first-order valence-corrected chi connectivity index (χ1v) is 8.10. The highest BCUT2D eigenvalue weighted by molar-refractivity contribution is 5.02. The number of nitrogens with zero attached hydrogens (tertiary/aromatic N) is 5. The molecule has 2 fully saturated rings. The zero-order chi connectivity index (χ0) is 15.1. The molecule has 7 heteroatoms. The summed E-state index contributed by atoms with van der Waals surface area (Å²) in [5.74, 6) is 3.74. The molecule has 3 heterocycles. The Hall–Kier alpha value is -1.76. The summed E-state index contributed by atoms with van der Waals surface area (Å²) in [6.45, 7) is 5.77. The normalized spacial score (nSPS) is 22.8. The standard InChI is InChI=1S/C15H21N5O2/c1-9(2)14-16-13(19-22-14)11-4-3-7-20(11)8-12-17-18-15(21-12)10-5-6-10/h9-11H,3-8H2,1-2H3. The first-order valence-electron chi connectivity index (χ1n) is 8.10. The van der Waals surface area contributed by atoms with Crippen molar-refractivity contribution in [2.24, 2.45) is 0 Å². The van der Waals surface area contributed by atoms with E-state index in [-0.39, 0.29) is 12.0 Å². The first-order chi connectivity index (χ1) is 10.7. The Morgan fingerprint density at radius 2 is 2.09 bits per heavy atom. The van der Waals surface area contributed by atoms with Crippen LogP contribution in [0.4, 0.5) is 0 Å². The summed E-state index contributed by atoms with van der Waals surface area (Å²) in [5, 5.41) is 12.5. The van der Waals surface area contributed by atoms with Crippen molar-refractivity contribution in [1.82, 2.24) is 25.2 Å². The summed E-state index contributed by atoms with van der Waals surface area (Å²) in [7, 11) is 0. The van der Waals surface area contributed by atoms with E-state index >= 15 is 0 Å². The molecule has 4 rings (SSSR count). The highest BCUT2D eigenvalue weighted by Crippen LogP contribution is 2.39. The minimum Gasteiger partial charge on any atom is -0.424 e. The van der Waals surface area contributed by atoms with Gasteiger partial charge in [0.15, 0.2) is 5.82 Å². The van der Waals surface area contributed by atoms with Crippen molar-refractivity contribution in [2.75, 3.05) is 6.54 Å². The van der Waals surface area contributed by atoms with Crippen LogP contribution in [-0.4, -0.2) is 31.8 Å². The van der Waals surface area contributed by atoms with Crippen molar-refractivity contribution in [3.05, 3.63) is 23.5 Å². The molecule has 0 aromatic carbocycles. The Labute approximate surface area is 129 Å². The fourth-order valence-corrected chi connectivity index (χ4v) is 2.92. The molecule has 22 heavy (non-hydrogen) atoms. The SMILES string of the molecule is CC(C)c1nc(C2CCCN2Cc2nnc(C3CC3)o2)no1. The third-order valence-corrected chi connectivity index (χ3v) is 4.36. The number of rotatable bonds is 5. The molecule has 1 aliphatic heterocycles. The summed E-state index contributed by atoms with van der Waals surface area (Å²) < 4.78 is 11.1. The molecule has 1 aliphatic carbocycles. The monoisotopic (exact) mass is 303 g/mol. The van der Waals surface area contributed by atoms with Crippen LogP contribution in [0.25, 0.3) is 0 Å². The summed E-state index contributed by atoms with van der Waals surface area (Å²) in [6.07, 6.45) is 4.52. The van der Waals surface area contributed by atoms with Crippen molar-refractivity contribution in [3.8, 4) is 0 Å². The van der Waals surface area contributed by atoms with E-state index in [0.717, 1.165) is 31.1 Å². The van der Waals surface area contributed by atoms with Gasteiger partial charge in [0, 0.05) is 11.8 Å². The van der Waals surface area contributed by atoms with E-state index < -0.39 is 0 Å². The van der Waals surface area contributed by atoms with E-state index in [9.17, 15) is 0 Å². The van der Waals surface area contributed by atoms with Crippen LogP contribution in [0.2, 0.25) is 0 Å². The predicted octanol–water partition coefficient (Wildman–Crippen LogP) is 2.79. The molecule has 1 unspecified atom stereocenters. The van der Waals surface area contributed by atoms with Gasteiger partial charge in [0.2, 0.25) is 17.7 Å². The van der Waals surface area contributed by atoms with E-state index in [1.54, 1.807) is 0 Å². The molecule has 0 amide bonds. The topological polar surface area (TPSA) is 81.1 Å². The third-order valence-electron chi connectivity index (χ3n) is 4.36. The van der Waals surface area contributed by atoms with E-state index in [1.165, 1.54) is 12.8 Å². The quantitative estimate of drug-likeness (QED) is 0.840. The maximum Gasteiger partial charge on any atom is 0.230 e. The van der Waals surface area contributed by atoms with Crippen molar-refractivity contribution in [2.45, 2.75) is 64.0 Å². The van der Waals surface area contributed by atoms with Crippen LogP contribution < -0.4 is 0 Å². The molecule has 0 bridgehead atoms. The second-order valence-electron chi connectivity index (χ2n) is 6.58. The molecule has 7 nitrogen and oxygen atoms in total. The fourth-order valence-electron chi connectivity index (χ4n) is 2.92. The minimum atomic E-state index is 0.188. The van der Waals surface area contributed by atoms with Crippen molar-refractivity contribution in [3.63, 3.8) is 0 Å². The fraction of sp³-hybridized carbons (Fsp3) is 0.733. The average Bonchev–Trinajstić information content (AvgIpc) is 2.95. The molecule has 1 saturated heterocycles. The van der Waals surface area contributed by atoms with Gasteiger partial charge in [0.05, 0.1) is 12.6 Å². The van der Waals surface area contributed by atoms with E-state index in [4.69, 9.17) is 8.94 Å². The van der Waals surface area contributed by atoms with Gasteiger partial charge in [0.1, 0.15) is 0 Å². The Balaban J connectivity index is 1.47. The molecular weight excluding hydrogens is 282 g/mol. The van der Waals surface area contributed by atoms with Crippen LogP contribution in [0, 0.1) is 0 Å². The molecule has 0 N–H and O–H groups in total. The largest absolute Gasteiger partial charge is 0.424 e. The van der Waals surface area contributed by atoms with Crippen LogP contribution in [0.1, 0.15) is 80.9 Å². The number of likely N-dealkylation sites (tertiary alicyclic amines) is 1. The molecule has 2 aliphatic rings. The predicted molar refractivity (Wildman–Crippen MR) is 77.0 cm³/mol. The molecule has 2 aromatic rings. The second-order valence-corrected chi connectivity index (χ2v) is 6.58. The lowest BCUT2D eigenvalue weighted by Gasteiger charge is -2.19. The number of hydrogen-bond acceptors (Lipinski definition) is 7. The first kappa shape index (κ1) is 13.9. The van der Waals surface area contributed by atoms with Gasteiger partial charge < -0.3 is 8.94 Å². The summed E-state index contributed by atoms with van der Waals surface area (Å²) in [5.41, 5.74) is 0. The molecule has 118 valence electrons. The van der Waals surface area contributed by atoms with Gasteiger partial charge in [0.25, 0.3) is 0 Å². The van der Waals surface area contributed by atoms with Crippen molar-refractivity contribution < 1.29 is 8.94 Å². The summed E-state index contributed by atoms with van der Waals surface area (Å²) in [4.78, 5) is 6.85. The highest BCUT2D eigenvalue weighted by Gasteiger charge is 2.33. The van der Waals surface area contributed by atoms with Crippen LogP contribution in [0.5, 0.6) is 0 Å². The molecular formula is C15H21N5O2. The lowest BCUT2D eigenvalue weighted by atomic mass is 10.2. The van der Waals surface area contributed by atoms with Crippen LogP contribution in [0.15, 0.2) is 8.94 Å². The lowest BCUT2D eigenvalue weighted by Crippen LogP contribution is -2.23. The zero-order valence-electron chi connectivity index (χ0n) is 13.0. The number of aromatic nitrogens is 4. The summed E-state index contributed by atoms with van der Waals surface area (Å²) >= 11 is 0. The Morgan fingerprint density at radius 3 is 2.82 bits per heavy atom.